The highest BCUT2D eigenvalue weighted by molar-refractivity contribution is 6.42. The van der Waals surface area contributed by atoms with E-state index in [0.717, 1.165) is 12.0 Å². The Morgan fingerprint density at radius 1 is 0.952 bits per heavy atom. The Morgan fingerprint density at radius 3 is 2.67 bits per heavy atom. The van der Waals surface area contributed by atoms with Crippen LogP contribution in [-0.4, -0.2) is 0 Å². The number of rotatable bonds is 1. The lowest BCUT2D eigenvalue weighted by molar-refractivity contribution is 0.426. The lowest BCUT2D eigenvalue weighted by Crippen LogP contribution is -2.29. The van der Waals surface area contributed by atoms with Crippen molar-refractivity contribution in [1.82, 2.24) is 0 Å². The molecule has 1 heterocycles. The number of fused-ring (bicyclic) bond motifs is 3. The lowest BCUT2D eigenvalue weighted by Gasteiger charge is -2.37. The van der Waals surface area contributed by atoms with Gasteiger partial charge >= 0.3 is 0 Å². The van der Waals surface area contributed by atoms with Crippen molar-refractivity contribution in [1.29, 1.82) is 0 Å². The fourth-order valence-corrected chi connectivity index (χ4v) is 4.04. The molecular formula is C18H15Cl2N. The summed E-state index contributed by atoms with van der Waals surface area (Å²) in [5.41, 5.74) is 3.68. The molecule has 21 heavy (non-hydrogen) atoms. The van der Waals surface area contributed by atoms with Crippen LogP contribution in [0.2, 0.25) is 10.0 Å². The van der Waals surface area contributed by atoms with Gasteiger partial charge in [-0.1, -0.05) is 65.7 Å². The van der Waals surface area contributed by atoms with Gasteiger partial charge < -0.3 is 5.32 Å². The Morgan fingerprint density at radius 2 is 1.76 bits per heavy atom. The molecule has 0 aromatic heterocycles. The number of anilines is 1. The molecule has 2 aromatic carbocycles. The summed E-state index contributed by atoms with van der Waals surface area (Å²) in [5, 5.41) is 4.96. The summed E-state index contributed by atoms with van der Waals surface area (Å²) in [6, 6.07) is 14.6. The molecule has 0 unspecified atom stereocenters. The predicted molar refractivity (Wildman–Crippen MR) is 89.3 cm³/mol. The first kappa shape index (κ1) is 13.2. The number of allylic oxidation sites excluding steroid dienone is 2. The topological polar surface area (TPSA) is 12.0 Å². The fourth-order valence-electron chi connectivity index (χ4n) is 3.61. The van der Waals surface area contributed by atoms with Crippen molar-refractivity contribution in [2.24, 2.45) is 5.92 Å². The second-order valence-corrected chi connectivity index (χ2v) is 6.49. The molecule has 1 nitrogen and oxygen atoms in total. The number of halogens is 2. The summed E-state index contributed by atoms with van der Waals surface area (Å²) in [6.45, 7) is 0. The first-order valence-electron chi connectivity index (χ1n) is 7.22. The second kappa shape index (κ2) is 5.08. The van der Waals surface area contributed by atoms with Crippen molar-refractivity contribution >= 4 is 28.9 Å². The van der Waals surface area contributed by atoms with Crippen molar-refractivity contribution in [3.63, 3.8) is 0 Å². The minimum atomic E-state index is 0.200. The Hall–Kier alpha value is -1.44. The quantitative estimate of drug-likeness (QED) is 0.654. The molecule has 0 bridgehead atoms. The molecule has 3 atom stereocenters. The van der Waals surface area contributed by atoms with E-state index in [9.17, 15) is 0 Å². The molecule has 0 fully saturated rings. The van der Waals surface area contributed by atoms with Crippen molar-refractivity contribution < 1.29 is 0 Å². The van der Waals surface area contributed by atoms with E-state index >= 15 is 0 Å². The highest BCUT2D eigenvalue weighted by Crippen LogP contribution is 2.51. The van der Waals surface area contributed by atoms with Gasteiger partial charge in [0.1, 0.15) is 0 Å². The van der Waals surface area contributed by atoms with E-state index in [0.29, 0.717) is 21.9 Å². The van der Waals surface area contributed by atoms with Crippen LogP contribution < -0.4 is 5.32 Å². The highest BCUT2D eigenvalue weighted by Gasteiger charge is 2.38. The standard InChI is InChI=1S/C18H15Cl2N/c19-15-9-4-8-14(17(15)20)18-13-7-3-6-11(13)12-5-1-2-10-16(12)21-18/h1-6,8-11,13,18,21H,7H2/t11-,13+,18+/m0/s1. The third kappa shape index (κ3) is 2.07. The van der Waals surface area contributed by atoms with Crippen LogP contribution in [0.5, 0.6) is 0 Å². The molecular weight excluding hydrogens is 301 g/mol. The SMILES string of the molecule is Clc1cccc([C@@H]2Nc3ccccc3[C@@H]3C=CC[C@H]32)c1Cl. The Bertz CT molecular complexity index is 723. The van der Waals surface area contributed by atoms with Gasteiger partial charge in [-0.25, -0.2) is 0 Å². The summed E-state index contributed by atoms with van der Waals surface area (Å²) in [6.07, 6.45) is 5.68. The zero-order valence-corrected chi connectivity index (χ0v) is 12.9. The molecule has 2 aromatic rings. The van der Waals surface area contributed by atoms with Crippen molar-refractivity contribution in [2.45, 2.75) is 18.4 Å². The van der Waals surface area contributed by atoms with E-state index in [1.807, 2.05) is 12.1 Å². The third-order valence-electron chi connectivity index (χ3n) is 4.59. The summed E-state index contributed by atoms with van der Waals surface area (Å²) in [4.78, 5) is 0. The van der Waals surface area contributed by atoms with Crippen LogP contribution in [0.4, 0.5) is 5.69 Å². The zero-order valence-electron chi connectivity index (χ0n) is 11.4. The van der Waals surface area contributed by atoms with Gasteiger partial charge in [-0.05, 0) is 35.6 Å². The maximum absolute atomic E-state index is 6.45. The molecule has 0 saturated heterocycles. The van der Waals surface area contributed by atoms with Gasteiger partial charge in [-0.3, -0.25) is 0 Å². The van der Waals surface area contributed by atoms with Gasteiger partial charge in [-0.2, -0.15) is 0 Å². The lowest BCUT2D eigenvalue weighted by atomic mass is 9.77. The maximum atomic E-state index is 6.45. The average Bonchev–Trinajstić information content (AvgIpc) is 2.99. The van der Waals surface area contributed by atoms with E-state index in [1.54, 1.807) is 0 Å². The summed E-state index contributed by atoms with van der Waals surface area (Å²) >= 11 is 12.7. The monoisotopic (exact) mass is 315 g/mol. The number of para-hydroxylation sites is 1. The first-order chi connectivity index (χ1) is 10.3. The van der Waals surface area contributed by atoms with Crippen molar-refractivity contribution in [3.8, 4) is 0 Å². The van der Waals surface area contributed by atoms with Crippen LogP contribution in [-0.2, 0) is 0 Å². The van der Waals surface area contributed by atoms with E-state index < -0.39 is 0 Å². The Balaban J connectivity index is 1.83. The highest BCUT2D eigenvalue weighted by atomic mass is 35.5. The second-order valence-electron chi connectivity index (χ2n) is 5.71. The van der Waals surface area contributed by atoms with Gasteiger partial charge in [0.2, 0.25) is 0 Å². The Labute approximate surface area is 134 Å². The van der Waals surface area contributed by atoms with Crippen LogP contribution in [0.25, 0.3) is 0 Å². The van der Waals surface area contributed by atoms with Gasteiger partial charge in [0.15, 0.2) is 0 Å². The third-order valence-corrected chi connectivity index (χ3v) is 5.42. The normalized spacial score (nSPS) is 26.1. The minimum Gasteiger partial charge on any atom is -0.378 e. The molecule has 1 aliphatic heterocycles. The summed E-state index contributed by atoms with van der Waals surface area (Å²) < 4.78 is 0. The minimum absolute atomic E-state index is 0.200. The molecule has 2 aliphatic rings. The molecule has 3 heteroatoms. The molecule has 1 aliphatic carbocycles. The predicted octanol–water partition coefficient (Wildman–Crippen LogP) is 5.82. The van der Waals surface area contributed by atoms with Gasteiger partial charge in [0.05, 0.1) is 16.1 Å². The van der Waals surface area contributed by atoms with Crippen molar-refractivity contribution in [3.05, 3.63) is 75.8 Å². The van der Waals surface area contributed by atoms with E-state index in [-0.39, 0.29) is 6.04 Å². The van der Waals surface area contributed by atoms with Crippen LogP contribution >= 0.6 is 23.2 Å². The van der Waals surface area contributed by atoms with Crippen LogP contribution in [0.15, 0.2) is 54.6 Å². The number of nitrogens with one attached hydrogen (secondary N) is 1. The molecule has 0 saturated carbocycles. The molecule has 0 spiro atoms. The van der Waals surface area contributed by atoms with Gasteiger partial charge in [-0.15, -0.1) is 0 Å². The molecule has 0 radical (unpaired) electrons. The Kier molecular flexibility index (Phi) is 3.20. The summed E-state index contributed by atoms with van der Waals surface area (Å²) in [7, 11) is 0. The molecule has 4 rings (SSSR count). The number of hydrogen-bond donors (Lipinski definition) is 1. The number of benzene rings is 2. The van der Waals surface area contributed by atoms with E-state index in [4.69, 9.17) is 23.2 Å². The van der Waals surface area contributed by atoms with Gasteiger partial charge in [0, 0.05) is 11.6 Å². The first-order valence-corrected chi connectivity index (χ1v) is 7.97. The van der Waals surface area contributed by atoms with Crippen molar-refractivity contribution in [2.75, 3.05) is 5.32 Å². The molecule has 106 valence electrons. The van der Waals surface area contributed by atoms with E-state index in [1.165, 1.54) is 11.3 Å². The molecule has 0 amide bonds. The van der Waals surface area contributed by atoms with Gasteiger partial charge in [0.25, 0.3) is 0 Å². The fraction of sp³-hybridized carbons (Fsp3) is 0.222. The summed E-state index contributed by atoms with van der Waals surface area (Å²) in [5.74, 6) is 0.957. The van der Waals surface area contributed by atoms with Crippen LogP contribution in [0.1, 0.15) is 29.5 Å². The average molecular weight is 316 g/mol. The van der Waals surface area contributed by atoms with E-state index in [2.05, 4.69) is 47.8 Å². The zero-order chi connectivity index (χ0) is 14.4. The largest absolute Gasteiger partial charge is 0.378 e. The van der Waals surface area contributed by atoms with Crippen LogP contribution in [0.3, 0.4) is 0 Å². The molecule has 1 N–H and O–H groups in total. The number of hydrogen-bond acceptors (Lipinski definition) is 1. The maximum Gasteiger partial charge on any atom is 0.0645 e. The van der Waals surface area contributed by atoms with Crippen LogP contribution in [0, 0.1) is 5.92 Å². The smallest absolute Gasteiger partial charge is 0.0645 e.